The number of pyridine rings is 1. The van der Waals surface area contributed by atoms with Gasteiger partial charge in [0.05, 0.1) is 18.6 Å². The standard InChI is InChI=1S/C19H19F3N2O2/c1-18(2)16(13-6-9-15(23-10-13)19(20,21)22)24(17(18)25)11-12-4-7-14(26-3)8-5-12/h4-10,16H,11H2,1-3H3. The van der Waals surface area contributed by atoms with E-state index in [2.05, 4.69) is 4.98 Å². The number of β-lactam (4-membered cyclic amide) rings is 1. The van der Waals surface area contributed by atoms with Gasteiger partial charge in [0.2, 0.25) is 5.91 Å². The maximum atomic E-state index is 12.7. The normalized spacial score (nSPS) is 19.2. The lowest BCUT2D eigenvalue weighted by Gasteiger charge is -2.53. The van der Waals surface area contributed by atoms with Gasteiger partial charge in [-0.15, -0.1) is 0 Å². The van der Waals surface area contributed by atoms with E-state index in [4.69, 9.17) is 4.74 Å². The van der Waals surface area contributed by atoms with Crippen molar-refractivity contribution in [3.05, 3.63) is 59.4 Å². The van der Waals surface area contributed by atoms with Crippen LogP contribution in [0.3, 0.4) is 0 Å². The highest BCUT2D eigenvalue weighted by Crippen LogP contribution is 2.50. The van der Waals surface area contributed by atoms with Gasteiger partial charge in [-0.1, -0.05) is 18.2 Å². The molecule has 3 rings (SSSR count). The molecule has 26 heavy (non-hydrogen) atoms. The Bertz CT molecular complexity index is 799. The smallest absolute Gasteiger partial charge is 0.433 e. The molecule has 0 spiro atoms. The van der Waals surface area contributed by atoms with Crippen LogP contribution in [0.25, 0.3) is 0 Å². The zero-order valence-electron chi connectivity index (χ0n) is 14.7. The fourth-order valence-electron chi connectivity index (χ4n) is 3.35. The minimum atomic E-state index is -4.48. The molecule has 0 bridgehead atoms. The van der Waals surface area contributed by atoms with Crippen molar-refractivity contribution in [2.75, 3.05) is 7.11 Å². The number of amides is 1. The molecule has 4 nitrogen and oxygen atoms in total. The number of rotatable bonds is 4. The summed E-state index contributed by atoms with van der Waals surface area (Å²) in [5.41, 5.74) is -0.115. The molecule has 138 valence electrons. The molecule has 1 aromatic carbocycles. The number of halogens is 3. The first-order valence-corrected chi connectivity index (χ1v) is 8.11. The van der Waals surface area contributed by atoms with Crippen molar-refractivity contribution < 1.29 is 22.7 Å². The summed E-state index contributed by atoms with van der Waals surface area (Å²) >= 11 is 0. The highest BCUT2D eigenvalue weighted by molar-refractivity contribution is 5.89. The van der Waals surface area contributed by atoms with Gasteiger partial charge < -0.3 is 9.64 Å². The maximum Gasteiger partial charge on any atom is 0.433 e. The van der Waals surface area contributed by atoms with Crippen LogP contribution in [0.15, 0.2) is 42.6 Å². The molecular formula is C19H19F3N2O2. The molecule has 1 aromatic heterocycles. The second-order valence-electron chi connectivity index (χ2n) is 6.88. The number of likely N-dealkylation sites (tertiary alicyclic amines) is 1. The monoisotopic (exact) mass is 364 g/mol. The van der Waals surface area contributed by atoms with E-state index in [-0.39, 0.29) is 11.9 Å². The van der Waals surface area contributed by atoms with Crippen LogP contribution in [0.5, 0.6) is 5.75 Å². The number of benzene rings is 1. The fourth-order valence-corrected chi connectivity index (χ4v) is 3.35. The van der Waals surface area contributed by atoms with Crippen LogP contribution in [0.2, 0.25) is 0 Å². The third-order valence-corrected chi connectivity index (χ3v) is 4.71. The van der Waals surface area contributed by atoms with Crippen molar-refractivity contribution in [3.8, 4) is 5.75 Å². The van der Waals surface area contributed by atoms with E-state index >= 15 is 0 Å². The second-order valence-corrected chi connectivity index (χ2v) is 6.88. The van der Waals surface area contributed by atoms with Gasteiger partial charge >= 0.3 is 6.18 Å². The Morgan fingerprint density at radius 1 is 1.15 bits per heavy atom. The number of aromatic nitrogens is 1. The van der Waals surface area contributed by atoms with E-state index in [1.165, 1.54) is 12.3 Å². The van der Waals surface area contributed by atoms with Gasteiger partial charge in [0, 0.05) is 12.7 Å². The number of nitrogens with zero attached hydrogens (tertiary/aromatic N) is 2. The van der Waals surface area contributed by atoms with E-state index in [1.807, 2.05) is 12.1 Å². The summed E-state index contributed by atoms with van der Waals surface area (Å²) in [4.78, 5) is 17.7. The average molecular weight is 364 g/mol. The molecule has 2 heterocycles. The topological polar surface area (TPSA) is 42.4 Å². The van der Waals surface area contributed by atoms with Gasteiger partial charge in [0.15, 0.2) is 0 Å². The van der Waals surface area contributed by atoms with Gasteiger partial charge in [-0.05, 0) is 43.2 Å². The number of hydrogen-bond acceptors (Lipinski definition) is 3. The third-order valence-electron chi connectivity index (χ3n) is 4.71. The van der Waals surface area contributed by atoms with Crippen LogP contribution in [-0.2, 0) is 17.5 Å². The van der Waals surface area contributed by atoms with Crippen molar-refractivity contribution in [2.45, 2.75) is 32.6 Å². The minimum absolute atomic E-state index is 0.0433. The first-order chi connectivity index (χ1) is 12.1. The number of carbonyl (C=O) groups is 1. The van der Waals surface area contributed by atoms with E-state index in [9.17, 15) is 18.0 Å². The molecule has 1 unspecified atom stereocenters. The van der Waals surface area contributed by atoms with Crippen molar-refractivity contribution in [1.29, 1.82) is 0 Å². The van der Waals surface area contributed by atoms with E-state index in [0.29, 0.717) is 17.9 Å². The van der Waals surface area contributed by atoms with Crippen LogP contribution in [0.4, 0.5) is 13.2 Å². The molecule has 1 amide bonds. The molecule has 1 aliphatic rings. The summed E-state index contributed by atoms with van der Waals surface area (Å²) in [6, 6.07) is 9.36. The lowest BCUT2D eigenvalue weighted by atomic mass is 9.71. The van der Waals surface area contributed by atoms with Crippen LogP contribution < -0.4 is 4.74 Å². The first kappa shape index (κ1) is 18.2. The molecule has 1 fully saturated rings. The number of alkyl halides is 3. The third kappa shape index (κ3) is 3.13. The fraction of sp³-hybridized carbons (Fsp3) is 0.368. The largest absolute Gasteiger partial charge is 0.497 e. The molecule has 1 aliphatic heterocycles. The van der Waals surface area contributed by atoms with E-state index in [0.717, 1.165) is 11.6 Å². The molecule has 2 aromatic rings. The molecule has 0 aliphatic carbocycles. The Kier molecular flexibility index (Phi) is 4.42. The zero-order valence-corrected chi connectivity index (χ0v) is 14.7. The molecule has 0 saturated carbocycles. The highest BCUT2D eigenvalue weighted by atomic mass is 19.4. The molecule has 1 saturated heterocycles. The lowest BCUT2D eigenvalue weighted by Crippen LogP contribution is -2.60. The van der Waals surface area contributed by atoms with E-state index < -0.39 is 17.3 Å². The van der Waals surface area contributed by atoms with Gasteiger partial charge in [-0.25, -0.2) is 0 Å². The van der Waals surface area contributed by atoms with Crippen LogP contribution in [0, 0.1) is 5.41 Å². The molecule has 0 radical (unpaired) electrons. The zero-order chi connectivity index (χ0) is 19.1. The molecular weight excluding hydrogens is 345 g/mol. The summed E-state index contributed by atoms with van der Waals surface area (Å²) in [6.07, 6.45) is -3.27. The van der Waals surface area contributed by atoms with Crippen LogP contribution >= 0.6 is 0 Å². The Labute approximate surface area is 149 Å². The average Bonchev–Trinajstić information content (AvgIpc) is 2.61. The summed E-state index contributed by atoms with van der Waals surface area (Å²) in [5, 5.41) is 0. The highest BCUT2D eigenvalue weighted by Gasteiger charge is 2.54. The summed E-state index contributed by atoms with van der Waals surface area (Å²) in [7, 11) is 1.57. The number of methoxy groups -OCH3 is 1. The van der Waals surface area contributed by atoms with Gasteiger partial charge in [-0.3, -0.25) is 9.78 Å². The van der Waals surface area contributed by atoms with Crippen LogP contribution in [-0.4, -0.2) is 22.9 Å². The molecule has 1 atom stereocenters. The lowest BCUT2D eigenvalue weighted by molar-refractivity contribution is -0.170. The van der Waals surface area contributed by atoms with E-state index in [1.54, 1.807) is 38.0 Å². The summed E-state index contributed by atoms with van der Waals surface area (Å²) in [6.45, 7) is 3.96. The van der Waals surface area contributed by atoms with Crippen molar-refractivity contribution >= 4 is 5.91 Å². The Morgan fingerprint density at radius 3 is 2.31 bits per heavy atom. The Balaban J connectivity index is 1.84. The predicted molar refractivity (Wildman–Crippen MR) is 89.3 cm³/mol. The van der Waals surface area contributed by atoms with Crippen molar-refractivity contribution in [2.24, 2.45) is 5.41 Å². The number of ether oxygens (including phenoxy) is 1. The SMILES string of the molecule is COc1ccc(CN2C(=O)C(C)(C)C2c2ccc(C(F)(F)F)nc2)cc1. The first-order valence-electron chi connectivity index (χ1n) is 8.11. The van der Waals surface area contributed by atoms with Crippen molar-refractivity contribution in [3.63, 3.8) is 0 Å². The summed E-state index contributed by atoms with van der Waals surface area (Å²) < 4.78 is 43.3. The number of hydrogen-bond donors (Lipinski definition) is 0. The van der Waals surface area contributed by atoms with Gasteiger partial charge in [-0.2, -0.15) is 13.2 Å². The van der Waals surface area contributed by atoms with Crippen molar-refractivity contribution in [1.82, 2.24) is 9.88 Å². The minimum Gasteiger partial charge on any atom is -0.497 e. The predicted octanol–water partition coefficient (Wildman–Crippen LogP) is 4.22. The number of carbonyl (C=O) groups excluding carboxylic acids is 1. The Hall–Kier alpha value is -2.57. The van der Waals surface area contributed by atoms with Gasteiger partial charge in [0.25, 0.3) is 0 Å². The molecule has 0 N–H and O–H groups in total. The van der Waals surface area contributed by atoms with Crippen LogP contribution in [0.1, 0.15) is 36.7 Å². The second kappa shape index (κ2) is 6.30. The quantitative estimate of drug-likeness (QED) is 0.763. The maximum absolute atomic E-state index is 12.7. The molecule has 7 heteroatoms. The van der Waals surface area contributed by atoms with Gasteiger partial charge in [0.1, 0.15) is 11.4 Å². The summed E-state index contributed by atoms with van der Waals surface area (Å²) in [5.74, 6) is 0.672. The Morgan fingerprint density at radius 2 is 1.81 bits per heavy atom.